The molecule has 3 rings (SSSR count). The molecule has 0 aliphatic heterocycles. The van der Waals surface area contributed by atoms with E-state index in [0.29, 0.717) is 0 Å². The Morgan fingerprint density at radius 3 is 2.47 bits per heavy atom. The summed E-state index contributed by atoms with van der Waals surface area (Å²) in [5.41, 5.74) is 2.35. The van der Waals surface area contributed by atoms with Crippen LogP contribution in [0.2, 0.25) is 0 Å². The van der Waals surface area contributed by atoms with Crippen molar-refractivity contribution in [3.8, 4) is 0 Å². The molecule has 92 valence electrons. The van der Waals surface area contributed by atoms with Crippen molar-refractivity contribution in [3.63, 3.8) is 0 Å². The fraction of sp³-hybridized carbons (Fsp3) is 0.0526. The van der Waals surface area contributed by atoms with E-state index in [1.54, 1.807) is 0 Å². The van der Waals surface area contributed by atoms with Gasteiger partial charge in [0.25, 0.3) is 0 Å². The first-order valence-electron chi connectivity index (χ1n) is 6.51. The third-order valence-corrected chi connectivity index (χ3v) is 3.56. The number of fused-ring (bicyclic) bond motifs is 3. The zero-order chi connectivity index (χ0) is 13.2. The molecule has 0 amide bonds. The van der Waals surface area contributed by atoms with Crippen molar-refractivity contribution in [1.29, 1.82) is 0 Å². The quantitative estimate of drug-likeness (QED) is 0.416. The molecule has 0 unspecified atom stereocenters. The Morgan fingerprint density at radius 2 is 1.63 bits per heavy atom. The topological polar surface area (TPSA) is 0 Å². The van der Waals surface area contributed by atoms with Crippen LogP contribution in [-0.4, -0.2) is 0 Å². The van der Waals surface area contributed by atoms with Crippen molar-refractivity contribution < 1.29 is 0 Å². The summed E-state index contributed by atoms with van der Waals surface area (Å²) in [4.78, 5) is 0. The Balaban J connectivity index is 2.35. The molecule has 0 N–H and O–H groups in total. The van der Waals surface area contributed by atoms with E-state index in [4.69, 9.17) is 0 Å². The van der Waals surface area contributed by atoms with Crippen molar-refractivity contribution in [2.24, 2.45) is 0 Å². The van der Waals surface area contributed by atoms with E-state index in [-0.39, 0.29) is 0 Å². The number of benzene rings is 3. The van der Waals surface area contributed by atoms with E-state index in [2.05, 4.69) is 67.8 Å². The Kier molecular flexibility index (Phi) is 2.92. The maximum Gasteiger partial charge on any atom is -0.00993 e. The molecule has 3 aromatic carbocycles. The number of rotatable bonds is 3. The van der Waals surface area contributed by atoms with Crippen molar-refractivity contribution in [1.82, 2.24) is 0 Å². The SMILES string of the molecule is C=CCC(=C)c1cccc2c1ccc1ccccc12. The number of hydrogen-bond donors (Lipinski definition) is 0. The summed E-state index contributed by atoms with van der Waals surface area (Å²) < 4.78 is 0. The van der Waals surface area contributed by atoms with Gasteiger partial charge < -0.3 is 0 Å². The lowest BCUT2D eigenvalue weighted by atomic mass is 9.94. The Morgan fingerprint density at radius 1 is 0.842 bits per heavy atom. The molecule has 19 heavy (non-hydrogen) atoms. The van der Waals surface area contributed by atoms with Crippen molar-refractivity contribution in [2.75, 3.05) is 0 Å². The zero-order valence-electron chi connectivity index (χ0n) is 10.9. The van der Waals surface area contributed by atoms with E-state index in [1.807, 2.05) is 6.08 Å². The molecule has 0 aromatic heterocycles. The van der Waals surface area contributed by atoms with Crippen molar-refractivity contribution in [3.05, 3.63) is 79.4 Å². The van der Waals surface area contributed by atoms with Crippen molar-refractivity contribution >= 4 is 27.1 Å². The van der Waals surface area contributed by atoms with Gasteiger partial charge in [-0.1, -0.05) is 67.3 Å². The van der Waals surface area contributed by atoms with E-state index in [9.17, 15) is 0 Å². The first kappa shape index (κ1) is 11.7. The minimum atomic E-state index is 0.825. The van der Waals surface area contributed by atoms with Crippen LogP contribution < -0.4 is 0 Å². The summed E-state index contributed by atoms with van der Waals surface area (Å²) in [6, 6.07) is 19.3. The maximum absolute atomic E-state index is 4.17. The zero-order valence-corrected chi connectivity index (χ0v) is 10.9. The minimum Gasteiger partial charge on any atom is -0.103 e. The Bertz CT molecular complexity index is 778. The van der Waals surface area contributed by atoms with Gasteiger partial charge in [0.15, 0.2) is 0 Å². The van der Waals surface area contributed by atoms with Gasteiger partial charge in [0, 0.05) is 0 Å². The maximum atomic E-state index is 4.17. The summed E-state index contributed by atoms with van der Waals surface area (Å²) >= 11 is 0. The summed E-state index contributed by atoms with van der Waals surface area (Å²) in [6.45, 7) is 7.97. The highest BCUT2D eigenvalue weighted by molar-refractivity contribution is 6.10. The van der Waals surface area contributed by atoms with Crippen LogP contribution >= 0.6 is 0 Å². The monoisotopic (exact) mass is 244 g/mol. The summed E-state index contributed by atoms with van der Waals surface area (Å²) in [5, 5.41) is 5.14. The highest BCUT2D eigenvalue weighted by Crippen LogP contribution is 2.31. The molecule has 0 atom stereocenters. The average molecular weight is 244 g/mol. The van der Waals surface area contributed by atoms with Crippen LogP contribution in [0.3, 0.4) is 0 Å². The molecule has 0 aliphatic rings. The lowest BCUT2D eigenvalue weighted by Gasteiger charge is -2.10. The van der Waals surface area contributed by atoms with Crippen LogP contribution in [-0.2, 0) is 0 Å². The third-order valence-electron chi connectivity index (χ3n) is 3.56. The molecular weight excluding hydrogens is 228 g/mol. The highest BCUT2D eigenvalue weighted by Gasteiger charge is 2.06. The summed E-state index contributed by atoms with van der Waals surface area (Å²) in [6.07, 6.45) is 2.73. The Labute approximate surface area is 113 Å². The van der Waals surface area contributed by atoms with Gasteiger partial charge in [0.05, 0.1) is 0 Å². The number of allylic oxidation sites excluding steroid dienone is 2. The average Bonchev–Trinajstić information content (AvgIpc) is 2.46. The van der Waals surface area contributed by atoms with Gasteiger partial charge in [0.2, 0.25) is 0 Å². The van der Waals surface area contributed by atoms with Gasteiger partial charge >= 0.3 is 0 Å². The van der Waals surface area contributed by atoms with Gasteiger partial charge in [-0.3, -0.25) is 0 Å². The molecule has 0 saturated heterocycles. The molecule has 0 radical (unpaired) electrons. The fourth-order valence-electron chi connectivity index (χ4n) is 2.63. The highest BCUT2D eigenvalue weighted by atomic mass is 14.1. The van der Waals surface area contributed by atoms with Crippen LogP contribution in [0.1, 0.15) is 12.0 Å². The van der Waals surface area contributed by atoms with E-state index < -0.39 is 0 Å². The van der Waals surface area contributed by atoms with Crippen molar-refractivity contribution in [2.45, 2.75) is 6.42 Å². The van der Waals surface area contributed by atoms with Gasteiger partial charge in [-0.2, -0.15) is 0 Å². The molecule has 0 bridgehead atoms. The molecule has 0 heteroatoms. The normalized spacial score (nSPS) is 10.7. The van der Waals surface area contributed by atoms with Crippen LogP contribution in [0.15, 0.2) is 73.8 Å². The molecule has 0 spiro atoms. The van der Waals surface area contributed by atoms with Gasteiger partial charge in [-0.15, -0.1) is 6.58 Å². The minimum absolute atomic E-state index is 0.825. The van der Waals surface area contributed by atoms with Crippen LogP contribution in [0.4, 0.5) is 0 Å². The molecular formula is C19H16. The second kappa shape index (κ2) is 4.74. The van der Waals surface area contributed by atoms with Crippen LogP contribution in [0, 0.1) is 0 Å². The predicted octanol–water partition coefficient (Wildman–Crippen LogP) is 5.58. The molecule has 0 aliphatic carbocycles. The van der Waals surface area contributed by atoms with Crippen LogP contribution in [0.25, 0.3) is 27.1 Å². The Hall–Kier alpha value is -2.34. The summed E-state index contributed by atoms with van der Waals surface area (Å²) in [5.74, 6) is 0. The van der Waals surface area contributed by atoms with E-state index in [0.717, 1.165) is 12.0 Å². The molecule has 0 fully saturated rings. The third kappa shape index (κ3) is 1.96. The molecule has 0 saturated carbocycles. The summed E-state index contributed by atoms with van der Waals surface area (Å²) in [7, 11) is 0. The first-order chi connectivity index (χ1) is 9.31. The molecule has 0 heterocycles. The van der Waals surface area contributed by atoms with Gasteiger partial charge in [-0.25, -0.2) is 0 Å². The van der Waals surface area contributed by atoms with E-state index >= 15 is 0 Å². The number of hydrogen-bond acceptors (Lipinski definition) is 0. The standard InChI is InChI=1S/C19H16/c1-3-7-14(2)16-10-6-11-18-17-9-5-4-8-15(17)12-13-19(16)18/h3-6,8-13H,1-2,7H2. The second-order valence-corrected chi connectivity index (χ2v) is 4.78. The smallest absolute Gasteiger partial charge is 0.00993 e. The van der Waals surface area contributed by atoms with Crippen LogP contribution in [0.5, 0.6) is 0 Å². The largest absolute Gasteiger partial charge is 0.103 e. The first-order valence-corrected chi connectivity index (χ1v) is 6.51. The van der Waals surface area contributed by atoms with Gasteiger partial charge in [0.1, 0.15) is 0 Å². The molecule has 3 aromatic rings. The molecule has 0 nitrogen and oxygen atoms in total. The fourth-order valence-corrected chi connectivity index (χ4v) is 2.63. The predicted molar refractivity (Wildman–Crippen MR) is 85.3 cm³/mol. The lowest BCUT2D eigenvalue weighted by molar-refractivity contribution is 1.43. The van der Waals surface area contributed by atoms with Gasteiger partial charge in [-0.05, 0) is 39.1 Å². The second-order valence-electron chi connectivity index (χ2n) is 4.78. The lowest BCUT2D eigenvalue weighted by Crippen LogP contribution is -1.86. The van der Waals surface area contributed by atoms with E-state index in [1.165, 1.54) is 27.1 Å².